The van der Waals surface area contributed by atoms with E-state index in [1.807, 2.05) is 36.4 Å². The average molecular weight is 477 g/mol. The summed E-state index contributed by atoms with van der Waals surface area (Å²) < 4.78 is 41.8. The molecule has 0 bridgehead atoms. The third-order valence-corrected chi connectivity index (χ3v) is 7.44. The maximum absolute atomic E-state index is 13.9. The van der Waals surface area contributed by atoms with Crippen molar-refractivity contribution >= 4 is 11.6 Å². The van der Waals surface area contributed by atoms with Gasteiger partial charge in [-0.1, -0.05) is 60.7 Å². The van der Waals surface area contributed by atoms with Gasteiger partial charge in [-0.05, 0) is 42.5 Å². The molecular weight excluding hydrogens is 453 g/mol. The minimum atomic E-state index is -4.53. The number of aromatic nitrogens is 3. The van der Waals surface area contributed by atoms with Crippen LogP contribution in [0.1, 0.15) is 47.8 Å². The minimum Gasteiger partial charge on any atom is -0.332 e. The van der Waals surface area contributed by atoms with E-state index >= 15 is 0 Å². The summed E-state index contributed by atoms with van der Waals surface area (Å²) in [6, 6.07) is 22.1. The Labute approximate surface area is 200 Å². The Hall–Kier alpha value is -3.68. The fourth-order valence-corrected chi connectivity index (χ4v) is 5.72. The lowest BCUT2D eigenvalue weighted by atomic mass is 9.85. The van der Waals surface area contributed by atoms with Gasteiger partial charge in [-0.25, -0.2) is 0 Å². The van der Waals surface area contributed by atoms with Crippen molar-refractivity contribution in [2.75, 3.05) is 6.54 Å². The summed E-state index contributed by atoms with van der Waals surface area (Å²) in [6.07, 6.45) is -0.894. The van der Waals surface area contributed by atoms with Crippen molar-refractivity contribution in [2.45, 2.75) is 36.9 Å². The SMILES string of the molecule is O=C(C1CC1(c1ccccc1)c1ccccc1)N1CCCC1c1nnc2c(C(F)(F)F)cccn12. The summed E-state index contributed by atoms with van der Waals surface area (Å²) in [5, 5.41) is 8.00. The molecular formula is C27H23F3N4O. The first-order valence-electron chi connectivity index (χ1n) is 11.7. The highest BCUT2D eigenvalue weighted by atomic mass is 19.4. The van der Waals surface area contributed by atoms with Crippen LogP contribution in [0.5, 0.6) is 0 Å². The number of fused-ring (bicyclic) bond motifs is 1. The summed E-state index contributed by atoms with van der Waals surface area (Å²) in [4.78, 5) is 15.7. The fraction of sp³-hybridized carbons (Fsp3) is 0.296. The molecule has 1 aliphatic carbocycles. The van der Waals surface area contributed by atoms with E-state index in [1.54, 1.807) is 4.90 Å². The van der Waals surface area contributed by atoms with E-state index in [0.29, 0.717) is 25.2 Å². The largest absolute Gasteiger partial charge is 0.420 e. The zero-order valence-electron chi connectivity index (χ0n) is 18.8. The monoisotopic (exact) mass is 476 g/mol. The second kappa shape index (κ2) is 7.93. The predicted octanol–water partition coefficient (Wildman–Crippen LogP) is 5.42. The molecule has 178 valence electrons. The number of carbonyl (C=O) groups is 1. The third-order valence-electron chi connectivity index (χ3n) is 7.44. The number of nitrogens with zero attached hydrogens (tertiary/aromatic N) is 4. The number of carbonyl (C=O) groups excluding carboxylic acids is 1. The number of hydrogen-bond acceptors (Lipinski definition) is 3. The van der Waals surface area contributed by atoms with Crippen LogP contribution in [0.2, 0.25) is 0 Å². The Morgan fingerprint density at radius 2 is 1.57 bits per heavy atom. The second-order valence-electron chi connectivity index (χ2n) is 9.32. The molecule has 2 fully saturated rings. The second-order valence-corrected chi connectivity index (χ2v) is 9.32. The van der Waals surface area contributed by atoms with Crippen molar-refractivity contribution in [2.24, 2.45) is 5.92 Å². The molecule has 3 heterocycles. The molecule has 2 unspecified atom stereocenters. The lowest BCUT2D eigenvalue weighted by molar-refractivity contribution is -0.137. The van der Waals surface area contributed by atoms with Crippen molar-refractivity contribution in [3.8, 4) is 0 Å². The molecule has 5 nitrogen and oxygen atoms in total. The molecule has 2 aromatic heterocycles. The number of alkyl halides is 3. The molecule has 2 aromatic carbocycles. The molecule has 35 heavy (non-hydrogen) atoms. The predicted molar refractivity (Wildman–Crippen MR) is 123 cm³/mol. The van der Waals surface area contributed by atoms with Crippen LogP contribution in [0.4, 0.5) is 13.2 Å². The van der Waals surface area contributed by atoms with Crippen LogP contribution in [0, 0.1) is 5.92 Å². The van der Waals surface area contributed by atoms with Crippen LogP contribution in [-0.4, -0.2) is 31.9 Å². The van der Waals surface area contributed by atoms with Gasteiger partial charge in [0.2, 0.25) is 5.91 Å². The number of amides is 1. The third kappa shape index (κ3) is 3.42. The Morgan fingerprint density at radius 3 is 2.20 bits per heavy atom. The van der Waals surface area contributed by atoms with E-state index in [4.69, 9.17) is 0 Å². The van der Waals surface area contributed by atoms with Crippen molar-refractivity contribution in [1.29, 1.82) is 0 Å². The van der Waals surface area contributed by atoms with Crippen molar-refractivity contribution < 1.29 is 18.0 Å². The molecule has 6 rings (SSSR count). The summed E-state index contributed by atoms with van der Waals surface area (Å²) in [5.41, 5.74) is 0.738. The maximum Gasteiger partial charge on any atom is 0.420 e. The summed E-state index contributed by atoms with van der Waals surface area (Å²) in [5.74, 6) is 0.157. The summed E-state index contributed by atoms with van der Waals surface area (Å²) >= 11 is 0. The highest BCUT2D eigenvalue weighted by molar-refractivity contribution is 5.86. The van der Waals surface area contributed by atoms with Crippen LogP contribution in [0.3, 0.4) is 0 Å². The summed E-state index contributed by atoms with van der Waals surface area (Å²) in [6.45, 7) is 0.549. The molecule has 0 N–H and O–H groups in total. The summed E-state index contributed by atoms with van der Waals surface area (Å²) in [7, 11) is 0. The van der Waals surface area contributed by atoms with Crippen molar-refractivity contribution in [3.05, 3.63) is 102 Å². The molecule has 0 radical (unpaired) electrons. The van der Waals surface area contributed by atoms with Gasteiger partial charge in [0.15, 0.2) is 11.5 Å². The molecule has 1 aliphatic heterocycles. The number of benzene rings is 2. The number of rotatable bonds is 4. The van der Waals surface area contributed by atoms with Crippen LogP contribution >= 0.6 is 0 Å². The van der Waals surface area contributed by atoms with Gasteiger partial charge >= 0.3 is 6.18 Å². The molecule has 4 aromatic rings. The number of likely N-dealkylation sites (tertiary alicyclic amines) is 1. The molecule has 0 spiro atoms. The molecule has 8 heteroatoms. The van der Waals surface area contributed by atoms with Gasteiger partial charge in [0, 0.05) is 18.2 Å². The number of pyridine rings is 1. The highest BCUT2D eigenvalue weighted by Gasteiger charge is 2.61. The molecule has 1 amide bonds. The normalized spacial score (nSPS) is 21.4. The quantitative estimate of drug-likeness (QED) is 0.395. The first-order valence-corrected chi connectivity index (χ1v) is 11.7. The van der Waals surface area contributed by atoms with Gasteiger partial charge in [-0.15, -0.1) is 10.2 Å². The molecule has 2 aliphatic rings. The molecule has 1 saturated heterocycles. The highest BCUT2D eigenvalue weighted by Crippen LogP contribution is 2.60. The van der Waals surface area contributed by atoms with E-state index in [9.17, 15) is 18.0 Å². The fourth-order valence-electron chi connectivity index (χ4n) is 5.72. The van der Waals surface area contributed by atoms with Gasteiger partial charge in [0.1, 0.15) is 5.56 Å². The molecule has 2 atom stereocenters. The van der Waals surface area contributed by atoms with E-state index in [2.05, 4.69) is 34.5 Å². The lowest BCUT2D eigenvalue weighted by Crippen LogP contribution is -2.35. The van der Waals surface area contributed by atoms with Gasteiger partial charge in [-0.2, -0.15) is 13.2 Å². The first-order chi connectivity index (χ1) is 16.9. The topological polar surface area (TPSA) is 50.5 Å². The smallest absolute Gasteiger partial charge is 0.332 e. The zero-order valence-corrected chi connectivity index (χ0v) is 18.8. The van der Waals surface area contributed by atoms with Gasteiger partial charge in [0.25, 0.3) is 0 Å². The standard InChI is InChI=1S/C27H23F3N4O/c28-27(29,30)20-13-7-16-34-23(20)31-32-24(34)22-14-8-15-33(22)25(35)21-17-26(21,18-9-3-1-4-10-18)19-11-5-2-6-12-19/h1-7,9-13,16,21-22H,8,14-15,17H2. The Bertz CT molecular complexity index is 1340. The van der Waals surface area contributed by atoms with Gasteiger partial charge in [-0.3, -0.25) is 9.20 Å². The van der Waals surface area contributed by atoms with E-state index in [0.717, 1.165) is 23.6 Å². The minimum absolute atomic E-state index is 0.0175. The van der Waals surface area contributed by atoms with Crippen LogP contribution in [0.25, 0.3) is 5.65 Å². The average Bonchev–Trinajstić information content (AvgIpc) is 3.20. The van der Waals surface area contributed by atoms with Crippen LogP contribution < -0.4 is 0 Å². The van der Waals surface area contributed by atoms with E-state index in [1.165, 1.54) is 16.7 Å². The van der Waals surface area contributed by atoms with Gasteiger partial charge in [0.05, 0.1) is 12.0 Å². The zero-order chi connectivity index (χ0) is 24.2. The maximum atomic E-state index is 13.9. The van der Waals surface area contributed by atoms with Crippen LogP contribution in [0.15, 0.2) is 79.0 Å². The molecule has 1 saturated carbocycles. The Kier molecular flexibility index (Phi) is 4.95. The first kappa shape index (κ1) is 21.8. The Balaban J connectivity index is 1.36. The van der Waals surface area contributed by atoms with Gasteiger partial charge < -0.3 is 4.90 Å². The van der Waals surface area contributed by atoms with Crippen molar-refractivity contribution in [1.82, 2.24) is 19.5 Å². The number of hydrogen-bond donors (Lipinski definition) is 0. The van der Waals surface area contributed by atoms with Crippen molar-refractivity contribution in [3.63, 3.8) is 0 Å². The Morgan fingerprint density at radius 1 is 0.914 bits per heavy atom. The van der Waals surface area contributed by atoms with E-state index in [-0.39, 0.29) is 17.5 Å². The lowest BCUT2D eigenvalue weighted by Gasteiger charge is -2.26. The van der Waals surface area contributed by atoms with Crippen LogP contribution in [-0.2, 0) is 16.4 Å². The number of halogens is 3. The van der Waals surface area contributed by atoms with E-state index < -0.39 is 23.2 Å².